The molecule has 0 aliphatic carbocycles. The summed E-state index contributed by atoms with van der Waals surface area (Å²) in [6.07, 6.45) is 3.76. The Labute approximate surface area is 95.1 Å². The normalized spacial score (nSPS) is 24.6. The van der Waals surface area contributed by atoms with Crippen molar-refractivity contribution in [2.45, 2.75) is 25.4 Å². The van der Waals surface area contributed by atoms with Gasteiger partial charge in [0.05, 0.1) is 5.69 Å². The van der Waals surface area contributed by atoms with E-state index in [1.165, 1.54) is 5.56 Å². The predicted molar refractivity (Wildman–Crippen MR) is 62.2 cm³/mol. The summed E-state index contributed by atoms with van der Waals surface area (Å²) in [5.41, 5.74) is 8.41. The lowest BCUT2D eigenvalue weighted by Gasteiger charge is -2.24. The lowest BCUT2D eigenvalue weighted by atomic mass is 10.1. The van der Waals surface area contributed by atoms with Gasteiger partial charge in [0.25, 0.3) is 0 Å². The first-order valence-electron chi connectivity index (χ1n) is 5.88. The molecule has 1 aromatic heterocycles. The predicted octanol–water partition coefficient (Wildman–Crippen LogP) is -0.340. The first-order valence-corrected chi connectivity index (χ1v) is 5.88. The highest BCUT2D eigenvalue weighted by atomic mass is 15.2. The average molecular weight is 219 g/mol. The Hall–Kier alpha value is -1.20. The number of rotatable bonds is 1. The van der Waals surface area contributed by atoms with E-state index in [-0.39, 0.29) is 0 Å². The van der Waals surface area contributed by atoms with Crippen LogP contribution in [-0.4, -0.2) is 35.6 Å². The molecule has 1 saturated heterocycles. The van der Waals surface area contributed by atoms with Crippen LogP contribution in [0.4, 0.5) is 5.82 Å². The molecule has 0 saturated carbocycles. The molecule has 0 bridgehead atoms. The molecular weight excluding hydrogens is 202 g/mol. The van der Waals surface area contributed by atoms with Crippen molar-refractivity contribution in [1.82, 2.24) is 15.3 Å². The summed E-state index contributed by atoms with van der Waals surface area (Å²) < 4.78 is 0. The Kier molecular flexibility index (Phi) is 2.49. The van der Waals surface area contributed by atoms with E-state index in [2.05, 4.69) is 20.2 Å². The summed E-state index contributed by atoms with van der Waals surface area (Å²) in [5, 5.41) is 3.33. The van der Waals surface area contributed by atoms with Crippen molar-refractivity contribution in [1.29, 1.82) is 0 Å². The maximum absolute atomic E-state index is 5.94. The molecule has 3 heterocycles. The lowest BCUT2D eigenvalue weighted by molar-refractivity contribution is 0.620. The zero-order valence-electron chi connectivity index (χ0n) is 9.32. The Morgan fingerprint density at radius 3 is 3.19 bits per heavy atom. The van der Waals surface area contributed by atoms with Gasteiger partial charge in [-0.2, -0.15) is 0 Å². The number of hydrogen-bond acceptors (Lipinski definition) is 5. The van der Waals surface area contributed by atoms with E-state index in [4.69, 9.17) is 5.73 Å². The number of hydrogen-bond donors (Lipinski definition) is 2. The first-order chi connectivity index (χ1) is 7.84. The molecule has 3 N–H and O–H groups in total. The number of nitrogens with one attached hydrogen (secondary N) is 1. The van der Waals surface area contributed by atoms with Crippen LogP contribution in [0.25, 0.3) is 0 Å². The van der Waals surface area contributed by atoms with Crippen LogP contribution in [0.15, 0.2) is 6.33 Å². The fourth-order valence-electron chi connectivity index (χ4n) is 2.52. The molecule has 0 radical (unpaired) electrons. The molecule has 5 heteroatoms. The number of nitrogens with zero attached hydrogens (tertiary/aromatic N) is 3. The second-order valence-corrected chi connectivity index (χ2v) is 4.54. The molecule has 0 amide bonds. The third-order valence-corrected chi connectivity index (χ3v) is 3.38. The fraction of sp³-hybridized carbons (Fsp3) is 0.636. The molecule has 3 rings (SSSR count). The third kappa shape index (κ3) is 1.66. The van der Waals surface area contributed by atoms with E-state index in [1.54, 1.807) is 6.33 Å². The third-order valence-electron chi connectivity index (χ3n) is 3.38. The summed E-state index contributed by atoms with van der Waals surface area (Å²) in [7, 11) is 0. The average Bonchev–Trinajstić information content (AvgIpc) is 2.75. The molecule has 1 aromatic rings. The molecule has 2 aliphatic rings. The number of fused-ring (bicyclic) bond motifs is 1. The van der Waals surface area contributed by atoms with Crippen LogP contribution < -0.4 is 16.0 Å². The van der Waals surface area contributed by atoms with Crippen molar-refractivity contribution in [3.8, 4) is 0 Å². The molecule has 1 atom stereocenters. The summed E-state index contributed by atoms with van der Waals surface area (Å²) in [5.74, 6) is 1.11. The van der Waals surface area contributed by atoms with Crippen molar-refractivity contribution in [2.75, 3.05) is 24.5 Å². The SMILES string of the molecule is N[C@H]1CCN(c2ncnc3c2CCNC3)C1. The topological polar surface area (TPSA) is 67.1 Å². The van der Waals surface area contributed by atoms with E-state index in [9.17, 15) is 0 Å². The molecule has 2 aliphatic heterocycles. The second-order valence-electron chi connectivity index (χ2n) is 4.54. The van der Waals surface area contributed by atoms with E-state index < -0.39 is 0 Å². The van der Waals surface area contributed by atoms with Gasteiger partial charge in [-0.1, -0.05) is 0 Å². The Balaban J connectivity index is 1.94. The molecule has 0 unspecified atom stereocenters. The van der Waals surface area contributed by atoms with Gasteiger partial charge < -0.3 is 16.0 Å². The van der Waals surface area contributed by atoms with Crippen molar-refractivity contribution in [3.05, 3.63) is 17.6 Å². The van der Waals surface area contributed by atoms with E-state index in [1.807, 2.05) is 0 Å². The molecule has 5 nitrogen and oxygen atoms in total. The van der Waals surface area contributed by atoms with Gasteiger partial charge in [-0.3, -0.25) is 0 Å². The van der Waals surface area contributed by atoms with Crippen molar-refractivity contribution >= 4 is 5.82 Å². The smallest absolute Gasteiger partial charge is 0.135 e. The summed E-state index contributed by atoms with van der Waals surface area (Å²) >= 11 is 0. The van der Waals surface area contributed by atoms with Crippen molar-refractivity contribution in [2.24, 2.45) is 5.73 Å². The van der Waals surface area contributed by atoms with E-state index in [0.717, 1.165) is 50.5 Å². The molecule has 0 spiro atoms. The van der Waals surface area contributed by atoms with Crippen LogP contribution in [0.5, 0.6) is 0 Å². The highest BCUT2D eigenvalue weighted by Crippen LogP contribution is 2.25. The first kappa shape index (κ1) is 9.99. The molecule has 0 aromatic carbocycles. The Bertz CT molecular complexity index is 392. The fourth-order valence-corrected chi connectivity index (χ4v) is 2.52. The number of aromatic nitrogens is 2. The van der Waals surface area contributed by atoms with Gasteiger partial charge in [-0.25, -0.2) is 9.97 Å². The van der Waals surface area contributed by atoms with E-state index in [0.29, 0.717) is 6.04 Å². The molecule has 86 valence electrons. The van der Waals surface area contributed by atoms with E-state index >= 15 is 0 Å². The minimum atomic E-state index is 0.298. The van der Waals surface area contributed by atoms with Crippen molar-refractivity contribution in [3.63, 3.8) is 0 Å². The van der Waals surface area contributed by atoms with Crippen molar-refractivity contribution < 1.29 is 0 Å². The zero-order chi connectivity index (χ0) is 11.0. The van der Waals surface area contributed by atoms with Crippen LogP contribution in [0.3, 0.4) is 0 Å². The summed E-state index contributed by atoms with van der Waals surface area (Å²) in [6.45, 7) is 3.84. The maximum Gasteiger partial charge on any atom is 0.135 e. The van der Waals surface area contributed by atoms with Gasteiger partial charge in [-0.15, -0.1) is 0 Å². The zero-order valence-corrected chi connectivity index (χ0v) is 9.32. The highest BCUT2D eigenvalue weighted by Gasteiger charge is 2.24. The van der Waals surface area contributed by atoms with Gasteiger partial charge in [-0.05, 0) is 19.4 Å². The minimum absolute atomic E-state index is 0.298. The quantitative estimate of drug-likeness (QED) is 0.676. The lowest BCUT2D eigenvalue weighted by Crippen LogP contribution is -2.31. The second kappa shape index (κ2) is 3.99. The van der Waals surface area contributed by atoms with Gasteiger partial charge in [0, 0.05) is 31.2 Å². The van der Waals surface area contributed by atoms with Gasteiger partial charge >= 0.3 is 0 Å². The van der Waals surface area contributed by atoms with Crippen LogP contribution in [0.1, 0.15) is 17.7 Å². The minimum Gasteiger partial charge on any atom is -0.355 e. The Morgan fingerprint density at radius 2 is 2.38 bits per heavy atom. The van der Waals surface area contributed by atoms with Crippen LogP contribution in [0.2, 0.25) is 0 Å². The number of nitrogens with two attached hydrogens (primary N) is 1. The number of anilines is 1. The standard InChI is InChI=1S/C11H17N5/c12-8-2-4-16(6-8)11-9-1-3-13-5-10(9)14-7-15-11/h7-8,13H,1-6,12H2/t8-/m0/s1. The van der Waals surface area contributed by atoms with Crippen LogP contribution in [0, 0.1) is 0 Å². The highest BCUT2D eigenvalue weighted by molar-refractivity contribution is 5.50. The molecular formula is C11H17N5. The summed E-state index contributed by atoms with van der Waals surface area (Å²) in [4.78, 5) is 11.1. The Morgan fingerprint density at radius 1 is 1.44 bits per heavy atom. The molecule has 1 fully saturated rings. The largest absolute Gasteiger partial charge is 0.355 e. The monoisotopic (exact) mass is 219 g/mol. The van der Waals surface area contributed by atoms with Gasteiger partial charge in [0.1, 0.15) is 12.1 Å². The van der Waals surface area contributed by atoms with Gasteiger partial charge in [0.2, 0.25) is 0 Å². The molecule has 16 heavy (non-hydrogen) atoms. The van der Waals surface area contributed by atoms with Crippen LogP contribution in [-0.2, 0) is 13.0 Å². The van der Waals surface area contributed by atoms with Crippen LogP contribution >= 0.6 is 0 Å². The van der Waals surface area contributed by atoms with Gasteiger partial charge in [0.15, 0.2) is 0 Å². The summed E-state index contributed by atoms with van der Waals surface area (Å²) in [6, 6.07) is 0.298. The maximum atomic E-state index is 5.94.